The Balaban J connectivity index is 2.19. The van der Waals surface area contributed by atoms with Gasteiger partial charge in [0.05, 0.1) is 0 Å². The molecule has 2 fully saturated rings. The Bertz CT molecular complexity index is 284. The van der Waals surface area contributed by atoms with E-state index in [-0.39, 0.29) is 16.9 Å². The Kier molecular flexibility index (Phi) is 1.69. The van der Waals surface area contributed by atoms with Gasteiger partial charge in [-0.2, -0.15) is 0 Å². The summed E-state index contributed by atoms with van der Waals surface area (Å²) in [6, 6.07) is 0.193. The molecule has 1 saturated carbocycles. The van der Waals surface area contributed by atoms with Crippen LogP contribution in [0.3, 0.4) is 0 Å². The number of carboxylic acid groups (broad SMARTS) is 1. The minimum absolute atomic E-state index is 0.0331. The highest BCUT2D eigenvalue weighted by Gasteiger charge is 2.72. The van der Waals surface area contributed by atoms with E-state index in [1.54, 1.807) is 0 Å². The van der Waals surface area contributed by atoms with Gasteiger partial charge in [0.15, 0.2) is 0 Å². The molecule has 1 heterocycles. The topological polar surface area (TPSA) is 66.6 Å². The first-order valence-electron chi connectivity index (χ1n) is 5.04. The molecule has 0 aromatic carbocycles. The lowest BCUT2D eigenvalue weighted by Gasteiger charge is -2.31. The SMILES string of the molecule is CC(C)(C)[C@@]12CN(C(=O)O)C[C@H]1[C@@H]2N. The fraction of sp³-hybridized carbons (Fsp3) is 0.900. The third kappa shape index (κ3) is 0.947. The van der Waals surface area contributed by atoms with Crippen molar-refractivity contribution < 1.29 is 9.90 Å². The monoisotopic (exact) mass is 198 g/mol. The van der Waals surface area contributed by atoms with Crippen LogP contribution in [0.4, 0.5) is 4.79 Å². The molecule has 0 aromatic rings. The highest BCUT2D eigenvalue weighted by Crippen LogP contribution is 2.65. The van der Waals surface area contributed by atoms with Gasteiger partial charge in [0, 0.05) is 30.5 Å². The fourth-order valence-electron chi connectivity index (χ4n) is 3.11. The van der Waals surface area contributed by atoms with Crippen molar-refractivity contribution >= 4 is 6.09 Å². The summed E-state index contributed by atoms with van der Waals surface area (Å²) >= 11 is 0. The van der Waals surface area contributed by atoms with E-state index in [9.17, 15) is 4.79 Å². The molecule has 0 bridgehead atoms. The van der Waals surface area contributed by atoms with Gasteiger partial charge in [0.2, 0.25) is 0 Å². The molecule has 1 amide bonds. The Labute approximate surface area is 84.1 Å². The Morgan fingerprint density at radius 3 is 2.50 bits per heavy atom. The van der Waals surface area contributed by atoms with Gasteiger partial charge < -0.3 is 15.7 Å². The van der Waals surface area contributed by atoms with E-state index in [4.69, 9.17) is 10.8 Å². The van der Waals surface area contributed by atoms with Crippen molar-refractivity contribution in [2.75, 3.05) is 13.1 Å². The minimum atomic E-state index is -0.812. The molecule has 1 saturated heterocycles. The van der Waals surface area contributed by atoms with Crippen LogP contribution in [0.15, 0.2) is 0 Å². The summed E-state index contributed by atoms with van der Waals surface area (Å²) in [6.45, 7) is 7.68. The van der Waals surface area contributed by atoms with Crippen molar-refractivity contribution in [1.29, 1.82) is 0 Å². The molecule has 3 N–H and O–H groups in total. The van der Waals surface area contributed by atoms with E-state index in [1.807, 2.05) is 0 Å². The minimum Gasteiger partial charge on any atom is -0.465 e. The number of hydrogen-bond acceptors (Lipinski definition) is 2. The molecule has 80 valence electrons. The molecule has 0 spiro atoms. The van der Waals surface area contributed by atoms with Crippen LogP contribution >= 0.6 is 0 Å². The number of piperidine rings is 1. The Morgan fingerprint density at radius 2 is 2.14 bits per heavy atom. The third-order valence-corrected chi connectivity index (χ3v) is 4.12. The quantitative estimate of drug-likeness (QED) is 0.609. The molecule has 2 rings (SSSR count). The largest absolute Gasteiger partial charge is 0.465 e. The van der Waals surface area contributed by atoms with Gasteiger partial charge in [0.25, 0.3) is 0 Å². The number of hydrogen-bond donors (Lipinski definition) is 2. The second-order valence-electron chi connectivity index (χ2n) is 5.59. The molecular weight excluding hydrogens is 180 g/mol. The average Bonchev–Trinajstić information content (AvgIpc) is 2.46. The molecule has 1 aliphatic heterocycles. The van der Waals surface area contributed by atoms with Crippen LogP contribution in [0.2, 0.25) is 0 Å². The zero-order valence-electron chi connectivity index (χ0n) is 8.95. The van der Waals surface area contributed by atoms with E-state index in [2.05, 4.69) is 20.8 Å². The number of fused-ring (bicyclic) bond motifs is 1. The predicted molar refractivity (Wildman–Crippen MR) is 53.0 cm³/mol. The van der Waals surface area contributed by atoms with Crippen molar-refractivity contribution in [3.05, 3.63) is 0 Å². The van der Waals surface area contributed by atoms with E-state index in [0.29, 0.717) is 19.0 Å². The Hall–Kier alpha value is -0.770. The zero-order chi connectivity index (χ0) is 10.7. The molecule has 0 radical (unpaired) electrons. The van der Waals surface area contributed by atoms with Crippen LogP contribution in [0.1, 0.15) is 20.8 Å². The van der Waals surface area contributed by atoms with Gasteiger partial charge in [-0.15, -0.1) is 0 Å². The number of carbonyl (C=O) groups is 1. The number of likely N-dealkylation sites (tertiary alicyclic amines) is 1. The van der Waals surface area contributed by atoms with Crippen LogP contribution in [0.5, 0.6) is 0 Å². The van der Waals surface area contributed by atoms with Crippen molar-refractivity contribution in [1.82, 2.24) is 4.90 Å². The van der Waals surface area contributed by atoms with E-state index in [0.717, 1.165) is 0 Å². The lowest BCUT2D eigenvalue weighted by atomic mass is 9.76. The first-order chi connectivity index (χ1) is 6.30. The first-order valence-corrected chi connectivity index (χ1v) is 5.04. The van der Waals surface area contributed by atoms with Gasteiger partial charge in [-0.25, -0.2) is 4.79 Å². The average molecular weight is 198 g/mol. The van der Waals surface area contributed by atoms with Crippen LogP contribution in [-0.4, -0.2) is 35.2 Å². The lowest BCUT2D eigenvalue weighted by Crippen LogP contribution is -2.40. The summed E-state index contributed by atoms with van der Waals surface area (Å²) < 4.78 is 0. The summed E-state index contributed by atoms with van der Waals surface area (Å²) in [7, 11) is 0. The molecule has 0 unspecified atom stereocenters. The second-order valence-corrected chi connectivity index (χ2v) is 5.59. The van der Waals surface area contributed by atoms with Gasteiger partial charge in [-0.1, -0.05) is 20.8 Å². The molecule has 14 heavy (non-hydrogen) atoms. The molecule has 1 aliphatic carbocycles. The predicted octanol–water partition coefficient (Wildman–Crippen LogP) is 0.970. The lowest BCUT2D eigenvalue weighted by molar-refractivity contribution is 0.129. The molecule has 0 aromatic heterocycles. The fourth-order valence-corrected chi connectivity index (χ4v) is 3.11. The standard InChI is InChI=1S/C10H18N2O2/c1-9(2,3)10-5-12(8(13)14)4-6(10)7(10)11/h6-7H,4-5,11H2,1-3H3,(H,13,14)/t6-,7-,10-/m0/s1. The Morgan fingerprint density at radius 1 is 1.57 bits per heavy atom. The van der Waals surface area contributed by atoms with E-state index >= 15 is 0 Å². The summed E-state index contributed by atoms with van der Waals surface area (Å²) in [5, 5.41) is 8.90. The maximum atomic E-state index is 10.8. The van der Waals surface area contributed by atoms with Crippen LogP contribution in [0.25, 0.3) is 0 Å². The summed E-state index contributed by atoms with van der Waals surface area (Å²) in [4.78, 5) is 12.3. The van der Waals surface area contributed by atoms with E-state index in [1.165, 1.54) is 4.90 Å². The van der Waals surface area contributed by atoms with Crippen LogP contribution in [-0.2, 0) is 0 Å². The summed E-state index contributed by atoms with van der Waals surface area (Å²) in [6.07, 6.45) is -0.812. The second kappa shape index (κ2) is 2.42. The number of nitrogens with two attached hydrogens (primary N) is 1. The summed E-state index contributed by atoms with van der Waals surface area (Å²) in [5.74, 6) is 0.374. The summed E-state index contributed by atoms with van der Waals surface area (Å²) in [5.41, 5.74) is 6.17. The normalized spacial score (nSPS) is 41.0. The smallest absolute Gasteiger partial charge is 0.407 e. The maximum Gasteiger partial charge on any atom is 0.407 e. The third-order valence-electron chi connectivity index (χ3n) is 4.12. The van der Waals surface area contributed by atoms with Crippen LogP contribution in [0, 0.1) is 16.7 Å². The van der Waals surface area contributed by atoms with Gasteiger partial charge in [-0.05, 0) is 5.41 Å². The molecule has 2 aliphatic rings. The van der Waals surface area contributed by atoms with Gasteiger partial charge in [-0.3, -0.25) is 0 Å². The molecular formula is C10H18N2O2. The number of rotatable bonds is 0. The van der Waals surface area contributed by atoms with Crippen LogP contribution < -0.4 is 5.73 Å². The first kappa shape index (κ1) is 9.77. The van der Waals surface area contributed by atoms with Crippen molar-refractivity contribution in [2.45, 2.75) is 26.8 Å². The van der Waals surface area contributed by atoms with Crippen molar-refractivity contribution in [3.8, 4) is 0 Å². The van der Waals surface area contributed by atoms with E-state index < -0.39 is 6.09 Å². The maximum absolute atomic E-state index is 10.8. The number of amides is 1. The highest BCUT2D eigenvalue weighted by atomic mass is 16.4. The number of nitrogens with zero attached hydrogens (tertiary/aromatic N) is 1. The van der Waals surface area contributed by atoms with Crippen molar-refractivity contribution in [2.24, 2.45) is 22.5 Å². The van der Waals surface area contributed by atoms with Gasteiger partial charge >= 0.3 is 6.09 Å². The van der Waals surface area contributed by atoms with Crippen molar-refractivity contribution in [3.63, 3.8) is 0 Å². The molecule has 4 nitrogen and oxygen atoms in total. The zero-order valence-corrected chi connectivity index (χ0v) is 8.95. The van der Waals surface area contributed by atoms with Gasteiger partial charge in [0.1, 0.15) is 0 Å². The molecule has 3 atom stereocenters. The highest BCUT2D eigenvalue weighted by molar-refractivity contribution is 5.66. The molecule has 4 heteroatoms.